The van der Waals surface area contributed by atoms with Crippen molar-refractivity contribution in [3.63, 3.8) is 0 Å². The van der Waals surface area contributed by atoms with E-state index in [4.69, 9.17) is 18.9 Å². The van der Waals surface area contributed by atoms with Crippen molar-refractivity contribution >= 4 is 0 Å². The Balaban J connectivity index is 1.39. The van der Waals surface area contributed by atoms with E-state index in [0.29, 0.717) is 19.3 Å². The quantitative estimate of drug-likeness (QED) is 0.133. The van der Waals surface area contributed by atoms with Gasteiger partial charge in [-0.25, -0.2) is 0 Å². The molecule has 0 aromatic heterocycles. The minimum atomic E-state index is -1.68. The molecule has 0 amide bonds. The summed E-state index contributed by atoms with van der Waals surface area (Å²) < 4.78 is 25.2. The third kappa shape index (κ3) is 6.79. The van der Waals surface area contributed by atoms with Crippen LogP contribution in [0.15, 0.2) is 23.3 Å². The second kappa shape index (κ2) is 15.3. The molecule has 0 aromatic carbocycles. The lowest BCUT2D eigenvalue weighted by Crippen LogP contribution is -2.71. The van der Waals surface area contributed by atoms with E-state index in [1.165, 1.54) is 18.1 Å². The van der Waals surface area contributed by atoms with E-state index in [0.717, 1.165) is 25.7 Å². The monoisotopic (exact) mass is 766 g/mol. The van der Waals surface area contributed by atoms with Crippen LogP contribution in [0.3, 0.4) is 0 Å². The van der Waals surface area contributed by atoms with Crippen LogP contribution in [0.4, 0.5) is 0 Å². The average Bonchev–Trinajstić information content (AvgIpc) is 3.48. The number of allylic oxidation sites excluding steroid dienone is 4. The number of hydrogen-bond donors (Lipinski definition) is 8. The molecule has 3 unspecified atom stereocenters. The lowest BCUT2D eigenvalue weighted by Gasteiger charge is -2.72. The Hall–Kier alpha value is -1.00. The molecule has 8 N–H and O–H groups in total. The van der Waals surface area contributed by atoms with E-state index in [1.807, 2.05) is 0 Å². The van der Waals surface area contributed by atoms with Gasteiger partial charge in [-0.15, -0.1) is 0 Å². The minimum Gasteiger partial charge on any atom is -0.394 e. The van der Waals surface area contributed by atoms with Gasteiger partial charge in [0.15, 0.2) is 12.6 Å². The zero-order chi connectivity index (χ0) is 39.9. The van der Waals surface area contributed by atoms with Crippen molar-refractivity contribution in [2.45, 2.75) is 187 Å². The van der Waals surface area contributed by atoms with Gasteiger partial charge in [-0.05, 0) is 118 Å². The molecule has 4 aliphatic carbocycles. The van der Waals surface area contributed by atoms with Crippen molar-refractivity contribution in [3.8, 4) is 0 Å². The Labute approximate surface area is 321 Å². The fourth-order valence-electron chi connectivity index (χ4n) is 12.9. The van der Waals surface area contributed by atoms with Crippen LogP contribution in [0.1, 0.15) is 107 Å². The van der Waals surface area contributed by atoms with E-state index < -0.39 is 91.7 Å². The molecule has 6 aliphatic rings. The zero-order valence-corrected chi connectivity index (χ0v) is 33.8. The number of ether oxygens (including phenoxy) is 4. The lowest BCUT2D eigenvalue weighted by molar-refractivity contribution is -0.381. The maximum absolute atomic E-state index is 12.2. The number of aliphatic hydroxyl groups is 8. The predicted octanol–water partition coefficient (Wildman–Crippen LogP) is 2.95. The Bertz CT molecular complexity index is 1400. The highest BCUT2D eigenvalue weighted by Crippen LogP contribution is 2.76. The van der Waals surface area contributed by atoms with Gasteiger partial charge in [-0.2, -0.15) is 0 Å². The SMILES string of the molecule is CC(C)=CC/C=C(/C)[C@H]1CC[C@]2(C)[C@@H]1C(O)C[C@@H]1[C@@]3(C)CCC(O)C(C)(C)[C@@H]3C(O[C@@H]3O[C@H](CO)[C@@H](O)[C@H](O)[C@H]3O[C@@H]3O[C@@H](C)[C@H](O)[C@@H](O)[C@H]3O)C[C@]12C. The lowest BCUT2D eigenvalue weighted by atomic mass is 9.34. The van der Waals surface area contributed by atoms with Crippen molar-refractivity contribution in [2.24, 2.45) is 45.3 Å². The van der Waals surface area contributed by atoms with Gasteiger partial charge in [0.25, 0.3) is 0 Å². The van der Waals surface area contributed by atoms with Crippen LogP contribution in [-0.2, 0) is 18.9 Å². The maximum atomic E-state index is 12.2. The van der Waals surface area contributed by atoms with E-state index in [-0.39, 0.29) is 39.9 Å². The number of aliphatic hydroxyl groups excluding tert-OH is 8. The highest BCUT2D eigenvalue weighted by molar-refractivity contribution is 5.24. The summed E-state index contributed by atoms with van der Waals surface area (Å²) in [4.78, 5) is 0. The van der Waals surface area contributed by atoms with Gasteiger partial charge in [-0.1, -0.05) is 57.9 Å². The molecule has 2 aliphatic heterocycles. The summed E-state index contributed by atoms with van der Waals surface area (Å²) in [6.07, 6.45) is -6.05. The summed E-state index contributed by atoms with van der Waals surface area (Å²) in [5.41, 5.74) is 1.01. The van der Waals surface area contributed by atoms with Crippen molar-refractivity contribution in [1.82, 2.24) is 0 Å². The molecule has 0 bridgehead atoms. The summed E-state index contributed by atoms with van der Waals surface area (Å²) in [6.45, 7) is 18.5. The van der Waals surface area contributed by atoms with Crippen LogP contribution < -0.4 is 0 Å². The molecular weight excluding hydrogens is 696 g/mol. The van der Waals surface area contributed by atoms with E-state index in [1.54, 1.807) is 0 Å². The Morgan fingerprint density at radius 1 is 0.759 bits per heavy atom. The first-order valence-corrected chi connectivity index (χ1v) is 20.4. The van der Waals surface area contributed by atoms with Crippen molar-refractivity contribution in [2.75, 3.05) is 6.61 Å². The fourth-order valence-corrected chi connectivity index (χ4v) is 12.9. The van der Waals surface area contributed by atoms with Crippen LogP contribution in [0, 0.1) is 45.3 Å². The van der Waals surface area contributed by atoms with Gasteiger partial charge >= 0.3 is 0 Å². The third-order valence-corrected chi connectivity index (χ3v) is 16.0. The fraction of sp³-hybridized carbons (Fsp3) is 0.905. The third-order valence-electron chi connectivity index (χ3n) is 16.0. The molecule has 6 fully saturated rings. The molecule has 12 nitrogen and oxygen atoms in total. The molecule has 54 heavy (non-hydrogen) atoms. The molecule has 0 aromatic rings. The molecule has 2 heterocycles. The van der Waals surface area contributed by atoms with Crippen LogP contribution >= 0.6 is 0 Å². The smallest absolute Gasteiger partial charge is 0.187 e. The van der Waals surface area contributed by atoms with Gasteiger partial charge in [0.2, 0.25) is 0 Å². The van der Waals surface area contributed by atoms with Gasteiger partial charge in [-0.3, -0.25) is 0 Å². The van der Waals surface area contributed by atoms with Crippen molar-refractivity contribution in [1.29, 1.82) is 0 Å². The first-order chi connectivity index (χ1) is 25.1. The zero-order valence-electron chi connectivity index (χ0n) is 33.8. The highest BCUT2D eigenvalue weighted by Gasteiger charge is 2.73. The molecule has 0 spiro atoms. The summed E-state index contributed by atoms with van der Waals surface area (Å²) in [6, 6.07) is 0. The Morgan fingerprint density at radius 3 is 2.09 bits per heavy atom. The van der Waals surface area contributed by atoms with Crippen LogP contribution in [-0.4, -0.2) is 127 Å². The molecule has 2 saturated heterocycles. The largest absolute Gasteiger partial charge is 0.394 e. The topological polar surface area (TPSA) is 199 Å². The van der Waals surface area contributed by atoms with Gasteiger partial charge in [0.05, 0.1) is 31.0 Å². The normalized spacial score (nSPS) is 53.3. The molecular formula is C42H70O12. The first-order valence-electron chi connectivity index (χ1n) is 20.4. The Morgan fingerprint density at radius 2 is 1.44 bits per heavy atom. The summed E-state index contributed by atoms with van der Waals surface area (Å²) in [5.74, 6) is 0.165. The minimum absolute atomic E-state index is 0.0381. The summed E-state index contributed by atoms with van der Waals surface area (Å²) >= 11 is 0. The molecule has 12 heteroatoms. The molecule has 6 rings (SSSR count). The number of fused-ring (bicyclic) bond motifs is 5. The van der Waals surface area contributed by atoms with Crippen LogP contribution in [0.5, 0.6) is 0 Å². The van der Waals surface area contributed by atoms with E-state index in [2.05, 4.69) is 67.5 Å². The molecule has 4 saturated carbocycles. The predicted molar refractivity (Wildman–Crippen MR) is 199 cm³/mol. The molecule has 0 radical (unpaired) electrons. The second-order valence-electron chi connectivity index (χ2n) is 19.6. The summed E-state index contributed by atoms with van der Waals surface area (Å²) in [7, 11) is 0. The number of rotatable bonds is 8. The maximum Gasteiger partial charge on any atom is 0.187 e. The van der Waals surface area contributed by atoms with Crippen LogP contribution in [0.2, 0.25) is 0 Å². The van der Waals surface area contributed by atoms with Crippen LogP contribution in [0.25, 0.3) is 0 Å². The number of hydrogen-bond acceptors (Lipinski definition) is 12. The van der Waals surface area contributed by atoms with Crippen molar-refractivity contribution < 1.29 is 59.8 Å². The molecule has 20 atom stereocenters. The van der Waals surface area contributed by atoms with Gasteiger partial charge in [0, 0.05) is 0 Å². The van der Waals surface area contributed by atoms with Gasteiger partial charge in [0.1, 0.15) is 42.7 Å². The van der Waals surface area contributed by atoms with E-state index >= 15 is 0 Å². The standard InChI is InChI=1S/C42H70O12/c1-20(2)11-10-12-21(3)23-13-16-41(8)29(23)24(44)17-27-40(7)15-14-28(45)39(5,6)36(40)25(18-42(27,41)9)52-38-35(33(49)31(47)26(19-43)53-38)54-37-34(50)32(48)30(46)22(4)51-37/h11-12,22-38,43-50H,10,13-19H2,1-9H3/b21-12-/t22-,23+,24?,25?,26+,27+,28?,29-,30-,31+,32+,33-,34+,35+,36-,37-,38+,40+,41+,42+/m0/s1. The van der Waals surface area contributed by atoms with Crippen molar-refractivity contribution in [3.05, 3.63) is 23.3 Å². The van der Waals surface area contributed by atoms with E-state index in [9.17, 15) is 40.9 Å². The Kier molecular flexibility index (Phi) is 12.1. The first kappa shape index (κ1) is 42.6. The van der Waals surface area contributed by atoms with Gasteiger partial charge < -0.3 is 59.8 Å². The molecule has 310 valence electrons. The highest BCUT2D eigenvalue weighted by atomic mass is 16.8. The summed E-state index contributed by atoms with van der Waals surface area (Å²) in [5, 5.41) is 88.2. The average molecular weight is 767 g/mol. The second-order valence-corrected chi connectivity index (χ2v) is 19.6.